The van der Waals surface area contributed by atoms with Crippen LogP contribution < -0.4 is 15.4 Å². The number of benzene rings is 1. The lowest BCUT2D eigenvalue weighted by Crippen LogP contribution is -2.52. The van der Waals surface area contributed by atoms with Gasteiger partial charge in [0, 0.05) is 25.8 Å². The van der Waals surface area contributed by atoms with Gasteiger partial charge in [-0.1, -0.05) is 0 Å². The number of halogens is 1. The molecule has 1 atom stereocenters. The quantitative estimate of drug-likeness (QED) is 0.601. The number of hydrogen-bond acceptors (Lipinski definition) is 6. The van der Waals surface area contributed by atoms with Crippen molar-refractivity contribution < 1.29 is 24.3 Å². The second kappa shape index (κ2) is 7.90. The van der Waals surface area contributed by atoms with Gasteiger partial charge in [0.05, 0.1) is 18.3 Å². The van der Waals surface area contributed by atoms with Crippen molar-refractivity contribution in [1.29, 1.82) is 0 Å². The molecule has 3 N–H and O–H groups in total. The fourth-order valence-corrected chi connectivity index (χ4v) is 2.99. The molecule has 0 spiro atoms. The number of carbonyl (C=O) groups excluding carboxylic acids is 2. The van der Waals surface area contributed by atoms with Crippen LogP contribution in [0.25, 0.3) is 0 Å². The molecule has 138 valence electrons. The maximum absolute atomic E-state index is 12.5. The van der Waals surface area contributed by atoms with Crippen LogP contribution >= 0.6 is 12.4 Å². The molecule has 0 bridgehead atoms. The molecule has 0 radical (unpaired) electrons. The van der Waals surface area contributed by atoms with E-state index in [-0.39, 0.29) is 25.0 Å². The van der Waals surface area contributed by atoms with Gasteiger partial charge in [-0.2, -0.15) is 0 Å². The van der Waals surface area contributed by atoms with Crippen molar-refractivity contribution in [1.82, 2.24) is 5.06 Å². The Hall–Kier alpha value is -2.03. The molecule has 1 aromatic carbocycles. The maximum Gasteiger partial charge on any atom is 0.289 e. The van der Waals surface area contributed by atoms with Crippen LogP contribution in [0.3, 0.4) is 0 Å². The Labute approximate surface area is 151 Å². The van der Waals surface area contributed by atoms with Crippen molar-refractivity contribution in [3.05, 3.63) is 23.8 Å². The number of hydroxylamine groups is 2. The Morgan fingerprint density at radius 2 is 2.00 bits per heavy atom. The first-order valence-corrected chi connectivity index (χ1v) is 7.88. The Morgan fingerprint density at radius 3 is 2.64 bits per heavy atom. The second-order valence-electron chi connectivity index (χ2n) is 6.06. The highest BCUT2D eigenvalue weighted by Gasteiger charge is 2.35. The fourth-order valence-electron chi connectivity index (χ4n) is 2.99. The highest BCUT2D eigenvalue weighted by molar-refractivity contribution is 5.94. The predicted octanol–water partition coefficient (Wildman–Crippen LogP) is 0.801. The van der Waals surface area contributed by atoms with Crippen molar-refractivity contribution in [2.45, 2.75) is 25.0 Å². The first kappa shape index (κ1) is 19.3. The SMILES string of the molecule is CN1CC(C(=O)N(O)C2CCOCC2)Oc2ccc(C(N)=O)cc21.Cl. The van der Waals surface area contributed by atoms with Gasteiger partial charge in [-0.15, -0.1) is 12.4 Å². The molecule has 2 aliphatic heterocycles. The van der Waals surface area contributed by atoms with Crippen LogP contribution in [0.5, 0.6) is 5.75 Å². The highest BCUT2D eigenvalue weighted by Crippen LogP contribution is 2.34. The monoisotopic (exact) mass is 371 g/mol. The Balaban J connectivity index is 0.00000225. The number of nitrogens with two attached hydrogens (primary N) is 1. The van der Waals surface area contributed by atoms with Gasteiger partial charge in [0.15, 0.2) is 6.10 Å². The minimum atomic E-state index is -0.810. The van der Waals surface area contributed by atoms with E-state index in [1.165, 1.54) is 0 Å². The van der Waals surface area contributed by atoms with Crippen molar-refractivity contribution in [2.75, 3.05) is 31.7 Å². The Kier molecular flexibility index (Phi) is 6.10. The molecule has 1 saturated heterocycles. The number of primary amides is 1. The summed E-state index contributed by atoms with van der Waals surface area (Å²) in [6.45, 7) is 1.33. The van der Waals surface area contributed by atoms with Gasteiger partial charge in [0.1, 0.15) is 5.75 Å². The average molecular weight is 372 g/mol. The summed E-state index contributed by atoms with van der Waals surface area (Å²) in [5.74, 6) is -0.517. The number of carbonyl (C=O) groups is 2. The number of fused-ring (bicyclic) bond motifs is 1. The van der Waals surface area contributed by atoms with E-state index in [0.29, 0.717) is 43.1 Å². The van der Waals surface area contributed by atoms with Gasteiger partial charge in [0.2, 0.25) is 5.91 Å². The average Bonchev–Trinajstić information content (AvgIpc) is 2.60. The van der Waals surface area contributed by atoms with E-state index in [1.807, 2.05) is 4.90 Å². The van der Waals surface area contributed by atoms with Crippen LogP contribution in [0.1, 0.15) is 23.2 Å². The van der Waals surface area contributed by atoms with Crippen LogP contribution in [-0.2, 0) is 9.53 Å². The molecular formula is C16H22ClN3O5. The number of amides is 2. The lowest BCUT2D eigenvalue weighted by molar-refractivity contribution is -0.189. The van der Waals surface area contributed by atoms with Crippen LogP contribution in [0.4, 0.5) is 5.69 Å². The molecular weight excluding hydrogens is 350 g/mol. The van der Waals surface area contributed by atoms with E-state index in [4.69, 9.17) is 15.2 Å². The highest BCUT2D eigenvalue weighted by atomic mass is 35.5. The minimum absolute atomic E-state index is 0. The topological polar surface area (TPSA) is 105 Å². The van der Waals surface area contributed by atoms with Crippen molar-refractivity contribution >= 4 is 29.9 Å². The van der Waals surface area contributed by atoms with Gasteiger partial charge in [-0.25, -0.2) is 5.06 Å². The van der Waals surface area contributed by atoms with Gasteiger partial charge in [0.25, 0.3) is 5.91 Å². The summed E-state index contributed by atoms with van der Waals surface area (Å²) in [6.07, 6.45) is 0.391. The number of anilines is 1. The van der Waals surface area contributed by atoms with E-state index in [0.717, 1.165) is 5.06 Å². The van der Waals surface area contributed by atoms with E-state index >= 15 is 0 Å². The predicted molar refractivity (Wildman–Crippen MR) is 92.4 cm³/mol. The van der Waals surface area contributed by atoms with Crippen molar-refractivity contribution in [3.8, 4) is 5.75 Å². The largest absolute Gasteiger partial charge is 0.476 e. The molecule has 1 fully saturated rings. The van der Waals surface area contributed by atoms with E-state index < -0.39 is 17.9 Å². The summed E-state index contributed by atoms with van der Waals surface area (Å²) in [5, 5.41) is 11.0. The summed E-state index contributed by atoms with van der Waals surface area (Å²) in [5.41, 5.74) is 6.35. The summed E-state index contributed by atoms with van der Waals surface area (Å²) in [4.78, 5) is 25.6. The third-order valence-electron chi connectivity index (χ3n) is 4.40. The molecule has 1 unspecified atom stereocenters. The van der Waals surface area contributed by atoms with Crippen molar-refractivity contribution in [2.24, 2.45) is 5.73 Å². The molecule has 2 amide bonds. The van der Waals surface area contributed by atoms with Crippen molar-refractivity contribution in [3.63, 3.8) is 0 Å². The first-order chi connectivity index (χ1) is 11.5. The maximum atomic E-state index is 12.5. The van der Waals surface area contributed by atoms with Crippen LogP contribution in [0.2, 0.25) is 0 Å². The number of nitrogens with zero attached hydrogens (tertiary/aromatic N) is 2. The van der Waals surface area contributed by atoms with Crippen LogP contribution in [0, 0.1) is 0 Å². The summed E-state index contributed by atoms with van der Waals surface area (Å²) >= 11 is 0. The molecule has 2 heterocycles. The van der Waals surface area contributed by atoms with Gasteiger partial charge >= 0.3 is 0 Å². The summed E-state index contributed by atoms with van der Waals surface area (Å²) in [6, 6.07) is 4.55. The number of rotatable bonds is 3. The van der Waals surface area contributed by atoms with E-state index in [9.17, 15) is 14.8 Å². The number of likely N-dealkylation sites (N-methyl/N-ethyl adjacent to an activating group) is 1. The molecule has 1 aromatic rings. The smallest absolute Gasteiger partial charge is 0.289 e. The molecule has 0 saturated carbocycles. The third kappa shape index (κ3) is 3.97. The van der Waals surface area contributed by atoms with E-state index in [2.05, 4.69) is 0 Å². The molecule has 25 heavy (non-hydrogen) atoms. The zero-order valence-corrected chi connectivity index (χ0v) is 14.7. The number of hydrogen-bond donors (Lipinski definition) is 2. The van der Waals surface area contributed by atoms with Crippen LogP contribution in [-0.4, -0.2) is 61.0 Å². The Morgan fingerprint density at radius 1 is 1.32 bits per heavy atom. The van der Waals surface area contributed by atoms with Gasteiger partial charge in [-0.05, 0) is 31.0 Å². The Bertz CT molecular complexity index is 651. The number of ether oxygens (including phenoxy) is 2. The van der Waals surface area contributed by atoms with Gasteiger partial charge in [-0.3, -0.25) is 14.8 Å². The summed E-state index contributed by atoms with van der Waals surface area (Å²) < 4.78 is 11.0. The zero-order valence-electron chi connectivity index (χ0n) is 13.9. The second-order valence-corrected chi connectivity index (χ2v) is 6.06. The lowest BCUT2D eigenvalue weighted by Gasteiger charge is -2.36. The molecule has 2 aliphatic rings. The molecule has 3 rings (SSSR count). The standard InChI is InChI=1S/C16H21N3O5.ClH/c1-18-9-14(16(21)19(22)11-4-6-23-7-5-11)24-13-3-2-10(15(17)20)8-12(13)18;/h2-3,8,11,14,22H,4-7,9H2,1H3,(H2,17,20);1H. The minimum Gasteiger partial charge on any atom is -0.476 e. The lowest BCUT2D eigenvalue weighted by atomic mass is 10.1. The molecule has 8 nitrogen and oxygen atoms in total. The summed E-state index contributed by atoms with van der Waals surface area (Å²) in [7, 11) is 1.79. The third-order valence-corrected chi connectivity index (χ3v) is 4.40. The fraction of sp³-hybridized carbons (Fsp3) is 0.500. The molecule has 9 heteroatoms. The van der Waals surface area contributed by atoms with E-state index in [1.54, 1.807) is 25.2 Å². The normalized spacial score (nSPS) is 20.1. The molecule has 0 aliphatic carbocycles. The first-order valence-electron chi connectivity index (χ1n) is 7.88. The molecule has 0 aromatic heterocycles. The van der Waals surface area contributed by atoms with Gasteiger partial charge < -0.3 is 20.1 Å². The van der Waals surface area contributed by atoms with Crippen LogP contribution in [0.15, 0.2) is 18.2 Å². The zero-order chi connectivity index (χ0) is 17.3.